The van der Waals surface area contributed by atoms with Gasteiger partial charge in [0.05, 0.1) is 0 Å². The van der Waals surface area contributed by atoms with Crippen molar-refractivity contribution < 1.29 is 8.42 Å². The van der Waals surface area contributed by atoms with Crippen molar-refractivity contribution in [3.63, 3.8) is 0 Å². The second kappa shape index (κ2) is 7.25. The Morgan fingerprint density at radius 3 is 2.91 bits per heavy atom. The average molecular weight is 349 g/mol. The van der Waals surface area contributed by atoms with Gasteiger partial charge in [0.1, 0.15) is 0 Å². The molecule has 23 heavy (non-hydrogen) atoms. The molecular formula is C16H19N3O2S2. The fourth-order valence-corrected chi connectivity index (χ4v) is 4.25. The molecule has 3 rings (SSSR count). The first kappa shape index (κ1) is 16.2. The molecule has 1 aromatic carbocycles. The van der Waals surface area contributed by atoms with Crippen LogP contribution in [0.25, 0.3) is 6.08 Å². The first-order valence-corrected chi connectivity index (χ1v) is 9.95. The number of hydrogen-bond donors (Lipinski definition) is 1. The first-order chi connectivity index (χ1) is 11.1. The van der Waals surface area contributed by atoms with E-state index in [1.165, 1.54) is 5.41 Å². The monoisotopic (exact) mass is 349 g/mol. The van der Waals surface area contributed by atoms with Gasteiger partial charge in [0, 0.05) is 36.1 Å². The van der Waals surface area contributed by atoms with Crippen molar-refractivity contribution in [2.45, 2.75) is 18.9 Å². The van der Waals surface area contributed by atoms with Crippen LogP contribution in [0, 0.1) is 0 Å². The molecule has 0 amide bonds. The van der Waals surface area contributed by atoms with Gasteiger partial charge in [-0.05, 0) is 24.5 Å². The minimum absolute atomic E-state index is 0.168. The van der Waals surface area contributed by atoms with Gasteiger partial charge in [-0.2, -0.15) is 0 Å². The molecule has 1 atom stereocenters. The Labute approximate surface area is 140 Å². The van der Waals surface area contributed by atoms with Gasteiger partial charge in [-0.15, -0.1) is 11.3 Å². The Morgan fingerprint density at radius 2 is 2.17 bits per heavy atom. The normalized spacial score (nSPS) is 18.8. The van der Waals surface area contributed by atoms with E-state index in [0.29, 0.717) is 6.54 Å². The predicted octanol–water partition coefficient (Wildman–Crippen LogP) is 2.70. The number of nitrogens with one attached hydrogen (secondary N) is 1. The third-order valence-electron chi connectivity index (χ3n) is 3.80. The largest absolute Gasteiger partial charge is 0.344 e. The van der Waals surface area contributed by atoms with E-state index in [1.807, 2.05) is 35.7 Å². The second-order valence-corrected chi connectivity index (χ2v) is 7.93. The maximum atomic E-state index is 12.1. The van der Waals surface area contributed by atoms with Crippen LogP contribution in [0.3, 0.4) is 0 Å². The molecule has 2 aromatic rings. The number of rotatable bonds is 6. The predicted molar refractivity (Wildman–Crippen MR) is 94.9 cm³/mol. The maximum Gasteiger partial charge on any atom is 0.233 e. The molecule has 1 unspecified atom stereocenters. The lowest BCUT2D eigenvalue weighted by atomic mass is 10.2. The van der Waals surface area contributed by atoms with Crippen molar-refractivity contribution in [1.29, 1.82) is 0 Å². The summed E-state index contributed by atoms with van der Waals surface area (Å²) in [7, 11) is -3.43. The fourth-order valence-electron chi connectivity index (χ4n) is 2.65. The topological polar surface area (TPSA) is 62.3 Å². The lowest BCUT2D eigenvalue weighted by Gasteiger charge is -2.23. The van der Waals surface area contributed by atoms with Gasteiger partial charge < -0.3 is 4.90 Å². The van der Waals surface area contributed by atoms with Gasteiger partial charge in [0.2, 0.25) is 10.0 Å². The molecule has 0 spiro atoms. The molecule has 1 saturated heterocycles. The molecule has 1 N–H and O–H groups in total. The van der Waals surface area contributed by atoms with Crippen molar-refractivity contribution in [2.75, 3.05) is 18.0 Å². The van der Waals surface area contributed by atoms with Crippen molar-refractivity contribution in [3.8, 4) is 0 Å². The molecule has 1 fully saturated rings. The molecule has 2 heterocycles. The van der Waals surface area contributed by atoms with Crippen LogP contribution in [0.4, 0.5) is 5.13 Å². The zero-order valence-electron chi connectivity index (χ0n) is 12.6. The van der Waals surface area contributed by atoms with E-state index in [9.17, 15) is 8.42 Å². The molecule has 7 heteroatoms. The van der Waals surface area contributed by atoms with E-state index in [-0.39, 0.29) is 6.04 Å². The minimum atomic E-state index is -3.43. The van der Waals surface area contributed by atoms with E-state index in [0.717, 1.165) is 30.1 Å². The summed E-state index contributed by atoms with van der Waals surface area (Å²) in [6.07, 6.45) is 5.42. The number of anilines is 1. The number of thiazole rings is 1. The highest BCUT2D eigenvalue weighted by Gasteiger charge is 2.27. The van der Waals surface area contributed by atoms with Crippen LogP contribution in [0.2, 0.25) is 0 Å². The molecule has 0 radical (unpaired) electrons. The Kier molecular flexibility index (Phi) is 5.09. The standard InChI is InChI=1S/C16H19N3O2S2/c20-23(21,12-8-14-5-2-1-3-6-14)18-13-15-7-4-10-19(15)16-17-9-11-22-16/h1-3,5-6,8-9,11-12,15,18H,4,7,10,13H2/b12-8+. The summed E-state index contributed by atoms with van der Waals surface area (Å²) in [6, 6.07) is 9.56. The lowest BCUT2D eigenvalue weighted by Crippen LogP contribution is -2.39. The third kappa shape index (κ3) is 4.40. The molecule has 0 bridgehead atoms. The van der Waals surface area contributed by atoms with E-state index in [1.54, 1.807) is 23.6 Å². The second-order valence-electron chi connectivity index (χ2n) is 5.41. The summed E-state index contributed by atoms with van der Waals surface area (Å²) in [5.41, 5.74) is 0.864. The highest BCUT2D eigenvalue weighted by atomic mass is 32.2. The van der Waals surface area contributed by atoms with Crippen molar-refractivity contribution in [2.24, 2.45) is 0 Å². The van der Waals surface area contributed by atoms with Crippen LogP contribution in [-0.4, -0.2) is 32.5 Å². The molecule has 1 aliphatic heterocycles. The summed E-state index contributed by atoms with van der Waals surface area (Å²) < 4.78 is 26.9. The van der Waals surface area contributed by atoms with Crippen molar-refractivity contribution >= 4 is 32.6 Å². The van der Waals surface area contributed by atoms with Crippen LogP contribution in [0.1, 0.15) is 18.4 Å². The lowest BCUT2D eigenvalue weighted by molar-refractivity contribution is 0.575. The van der Waals surface area contributed by atoms with E-state index in [4.69, 9.17) is 0 Å². The van der Waals surface area contributed by atoms with Gasteiger partial charge in [0.15, 0.2) is 5.13 Å². The Hall–Kier alpha value is -1.70. The fraction of sp³-hybridized carbons (Fsp3) is 0.312. The van der Waals surface area contributed by atoms with Gasteiger partial charge in [0.25, 0.3) is 0 Å². The van der Waals surface area contributed by atoms with E-state index < -0.39 is 10.0 Å². The van der Waals surface area contributed by atoms with Crippen LogP contribution in [0.5, 0.6) is 0 Å². The molecule has 122 valence electrons. The molecule has 0 aliphatic carbocycles. The van der Waals surface area contributed by atoms with Crippen molar-refractivity contribution in [3.05, 3.63) is 52.9 Å². The van der Waals surface area contributed by atoms with E-state index >= 15 is 0 Å². The molecule has 0 saturated carbocycles. The Balaban J connectivity index is 1.59. The summed E-state index contributed by atoms with van der Waals surface area (Å²) in [5, 5.41) is 4.13. The molecule has 1 aromatic heterocycles. The minimum Gasteiger partial charge on any atom is -0.344 e. The highest BCUT2D eigenvalue weighted by molar-refractivity contribution is 7.92. The summed E-state index contributed by atoms with van der Waals surface area (Å²) in [5.74, 6) is 0. The zero-order valence-corrected chi connectivity index (χ0v) is 14.3. The van der Waals surface area contributed by atoms with Gasteiger partial charge in [-0.25, -0.2) is 18.1 Å². The number of nitrogens with zero attached hydrogens (tertiary/aromatic N) is 2. The van der Waals surface area contributed by atoms with Crippen molar-refractivity contribution in [1.82, 2.24) is 9.71 Å². The molecular weight excluding hydrogens is 330 g/mol. The first-order valence-electron chi connectivity index (χ1n) is 7.53. The number of sulfonamides is 1. The number of benzene rings is 1. The van der Waals surface area contributed by atoms with Crippen LogP contribution in [-0.2, 0) is 10.0 Å². The smallest absolute Gasteiger partial charge is 0.233 e. The number of aromatic nitrogens is 1. The third-order valence-corrected chi connectivity index (χ3v) is 5.67. The molecule has 1 aliphatic rings. The van der Waals surface area contributed by atoms with Crippen LogP contribution < -0.4 is 9.62 Å². The maximum absolute atomic E-state index is 12.1. The molecule has 5 nitrogen and oxygen atoms in total. The quantitative estimate of drug-likeness (QED) is 0.871. The van der Waals surface area contributed by atoms with E-state index in [2.05, 4.69) is 14.6 Å². The average Bonchev–Trinajstić information content (AvgIpc) is 3.23. The Morgan fingerprint density at radius 1 is 1.35 bits per heavy atom. The Bertz CT molecular complexity index is 743. The van der Waals surface area contributed by atoms with Crippen LogP contribution >= 0.6 is 11.3 Å². The summed E-state index contributed by atoms with van der Waals surface area (Å²) >= 11 is 1.59. The SMILES string of the molecule is O=S(=O)(/C=C/c1ccccc1)NCC1CCCN1c1nccs1. The van der Waals surface area contributed by atoms with Crippen LogP contribution in [0.15, 0.2) is 47.3 Å². The zero-order chi connectivity index (χ0) is 16.1. The van der Waals surface area contributed by atoms with Gasteiger partial charge >= 0.3 is 0 Å². The van der Waals surface area contributed by atoms with Gasteiger partial charge in [-0.3, -0.25) is 0 Å². The number of hydrogen-bond acceptors (Lipinski definition) is 5. The summed E-state index contributed by atoms with van der Waals surface area (Å²) in [6.45, 7) is 1.33. The highest BCUT2D eigenvalue weighted by Crippen LogP contribution is 2.26. The van der Waals surface area contributed by atoms with Gasteiger partial charge in [-0.1, -0.05) is 30.3 Å². The summed E-state index contributed by atoms with van der Waals surface area (Å²) in [4.78, 5) is 6.51.